The van der Waals surface area contributed by atoms with Gasteiger partial charge in [0.25, 0.3) is 15.9 Å². The van der Waals surface area contributed by atoms with E-state index in [0.717, 1.165) is 5.56 Å². The molecule has 1 saturated heterocycles. The molecule has 0 atom stereocenters. The molecule has 156 valence electrons. The van der Waals surface area contributed by atoms with Crippen molar-refractivity contribution in [2.24, 2.45) is 0 Å². The number of nitrogens with zero attached hydrogens (tertiary/aromatic N) is 1. The zero-order valence-corrected chi connectivity index (χ0v) is 17.2. The Hall–Kier alpha value is -2.78. The van der Waals surface area contributed by atoms with Crippen LogP contribution in [0.2, 0.25) is 0 Å². The first-order valence-electron chi connectivity index (χ1n) is 9.15. The summed E-state index contributed by atoms with van der Waals surface area (Å²) in [6, 6.07) is 11.2. The van der Waals surface area contributed by atoms with Crippen LogP contribution in [0.15, 0.2) is 47.4 Å². The molecular formula is C20H24N2O6S. The number of methoxy groups -OCH3 is 1. The topological polar surface area (TPSA) is 94.2 Å². The lowest BCUT2D eigenvalue weighted by molar-refractivity contribution is -0.137. The van der Waals surface area contributed by atoms with Crippen LogP contribution in [-0.2, 0) is 19.6 Å². The molecule has 0 aliphatic carbocycles. The third-order valence-electron chi connectivity index (χ3n) is 4.46. The Labute approximate surface area is 170 Å². The predicted octanol–water partition coefficient (Wildman–Crippen LogP) is 2.04. The van der Waals surface area contributed by atoms with E-state index in [2.05, 4.69) is 4.72 Å². The molecule has 9 heteroatoms. The molecule has 3 rings (SSSR count). The van der Waals surface area contributed by atoms with Gasteiger partial charge in [0.2, 0.25) is 0 Å². The Bertz CT molecular complexity index is 953. The number of ether oxygens (including phenoxy) is 3. The first-order chi connectivity index (χ1) is 13.9. The first kappa shape index (κ1) is 20.9. The SMILES string of the molecule is COc1cc(NS(=O)(=O)c2ccc(C)cc2)ccc1OCC(=O)N1CCOCC1. The van der Waals surface area contributed by atoms with Crippen LogP contribution in [0.5, 0.6) is 11.5 Å². The zero-order chi connectivity index (χ0) is 20.9. The highest BCUT2D eigenvalue weighted by molar-refractivity contribution is 7.92. The van der Waals surface area contributed by atoms with Gasteiger partial charge in [-0.05, 0) is 31.2 Å². The third-order valence-corrected chi connectivity index (χ3v) is 5.86. The van der Waals surface area contributed by atoms with Crippen LogP contribution in [0, 0.1) is 6.92 Å². The van der Waals surface area contributed by atoms with E-state index in [9.17, 15) is 13.2 Å². The molecular weight excluding hydrogens is 396 g/mol. The van der Waals surface area contributed by atoms with Crippen molar-refractivity contribution in [1.82, 2.24) is 4.90 Å². The van der Waals surface area contributed by atoms with Crippen LogP contribution in [0.3, 0.4) is 0 Å². The van der Waals surface area contributed by atoms with E-state index in [4.69, 9.17) is 14.2 Å². The van der Waals surface area contributed by atoms with Crippen molar-refractivity contribution < 1.29 is 27.4 Å². The van der Waals surface area contributed by atoms with Gasteiger partial charge in [0.1, 0.15) is 0 Å². The first-order valence-corrected chi connectivity index (χ1v) is 10.6. The highest BCUT2D eigenvalue weighted by atomic mass is 32.2. The fourth-order valence-corrected chi connectivity index (χ4v) is 3.87. The van der Waals surface area contributed by atoms with Crippen molar-refractivity contribution in [3.8, 4) is 11.5 Å². The number of hydrogen-bond donors (Lipinski definition) is 1. The van der Waals surface area contributed by atoms with Crippen LogP contribution in [0.25, 0.3) is 0 Å². The Morgan fingerprint density at radius 3 is 2.45 bits per heavy atom. The van der Waals surface area contributed by atoms with E-state index in [0.29, 0.717) is 43.5 Å². The van der Waals surface area contributed by atoms with Crippen molar-refractivity contribution in [3.63, 3.8) is 0 Å². The molecule has 1 amide bonds. The minimum absolute atomic E-state index is 0.134. The largest absolute Gasteiger partial charge is 0.493 e. The summed E-state index contributed by atoms with van der Waals surface area (Å²) < 4.78 is 43.7. The van der Waals surface area contributed by atoms with Gasteiger partial charge in [-0.3, -0.25) is 9.52 Å². The highest BCUT2D eigenvalue weighted by Gasteiger charge is 2.19. The summed E-state index contributed by atoms with van der Waals surface area (Å²) in [6.07, 6.45) is 0. The van der Waals surface area contributed by atoms with E-state index in [1.807, 2.05) is 6.92 Å². The molecule has 0 saturated carbocycles. The number of hydrogen-bond acceptors (Lipinski definition) is 6. The Balaban J connectivity index is 1.68. The molecule has 0 spiro atoms. The van der Waals surface area contributed by atoms with Crippen molar-refractivity contribution in [3.05, 3.63) is 48.0 Å². The molecule has 1 aliphatic rings. The molecule has 0 unspecified atom stereocenters. The maximum absolute atomic E-state index is 12.5. The van der Waals surface area contributed by atoms with Crippen LogP contribution >= 0.6 is 0 Å². The maximum Gasteiger partial charge on any atom is 0.261 e. The summed E-state index contributed by atoms with van der Waals surface area (Å²) in [7, 11) is -2.28. The van der Waals surface area contributed by atoms with Crippen molar-refractivity contribution >= 4 is 21.6 Å². The van der Waals surface area contributed by atoms with Crippen LogP contribution < -0.4 is 14.2 Å². The minimum Gasteiger partial charge on any atom is -0.493 e. The number of anilines is 1. The second kappa shape index (κ2) is 9.15. The summed E-state index contributed by atoms with van der Waals surface area (Å²) in [5.41, 5.74) is 1.30. The van der Waals surface area contributed by atoms with Gasteiger partial charge in [0.05, 0.1) is 30.9 Å². The van der Waals surface area contributed by atoms with Crippen molar-refractivity contribution in [2.75, 3.05) is 44.7 Å². The van der Waals surface area contributed by atoms with E-state index < -0.39 is 10.0 Å². The fraction of sp³-hybridized carbons (Fsp3) is 0.350. The van der Waals surface area contributed by atoms with Gasteiger partial charge < -0.3 is 19.1 Å². The molecule has 0 bridgehead atoms. The molecule has 0 aromatic heterocycles. The van der Waals surface area contributed by atoms with Crippen molar-refractivity contribution in [2.45, 2.75) is 11.8 Å². The summed E-state index contributed by atoms with van der Waals surface area (Å²) in [5, 5.41) is 0. The number of rotatable bonds is 7. The number of aryl methyl sites for hydroxylation is 1. The number of morpholine rings is 1. The summed E-state index contributed by atoms with van der Waals surface area (Å²) in [4.78, 5) is 14.1. The van der Waals surface area contributed by atoms with E-state index in [1.165, 1.54) is 13.2 Å². The van der Waals surface area contributed by atoms with Crippen LogP contribution in [-0.4, -0.2) is 59.2 Å². The average Bonchev–Trinajstić information content (AvgIpc) is 2.73. The summed E-state index contributed by atoms with van der Waals surface area (Å²) in [5.74, 6) is 0.538. The summed E-state index contributed by atoms with van der Waals surface area (Å²) in [6.45, 7) is 3.87. The maximum atomic E-state index is 12.5. The molecule has 1 N–H and O–H groups in total. The van der Waals surface area contributed by atoms with Gasteiger partial charge in [0, 0.05) is 19.2 Å². The second-order valence-electron chi connectivity index (χ2n) is 6.57. The van der Waals surface area contributed by atoms with E-state index >= 15 is 0 Å². The molecule has 1 aliphatic heterocycles. The van der Waals surface area contributed by atoms with E-state index in [-0.39, 0.29) is 17.4 Å². The third kappa shape index (κ3) is 5.39. The lowest BCUT2D eigenvalue weighted by atomic mass is 10.2. The lowest BCUT2D eigenvalue weighted by Crippen LogP contribution is -2.43. The molecule has 2 aromatic carbocycles. The fourth-order valence-electron chi connectivity index (χ4n) is 2.83. The second-order valence-corrected chi connectivity index (χ2v) is 8.25. The van der Waals surface area contributed by atoms with Gasteiger partial charge in [0.15, 0.2) is 18.1 Å². The van der Waals surface area contributed by atoms with Gasteiger partial charge in [-0.2, -0.15) is 0 Å². The molecule has 29 heavy (non-hydrogen) atoms. The molecule has 1 fully saturated rings. The Kier molecular flexibility index (Phi) is 6.60. The summed E-state index contributed by atoms with van der Waals surface area (Å²) >= 11 is 0. The monoisotopic (exact) mass is 420 g/mol. The van der Waals surface area contributed by atoms with E-state index in [1.54, 1.807) is 41.3 Å². The Morgan fingerprint density at radius 2 is 1.79 bits per heavy atom. The predicted molar refractivity (Wildman–Crippen MR) is 108 cm³/mol. The molecule has 1 heterocycles. The highest BCUT2D eigenvalue weighted by Crippen LogP contribution is 2.31. The smallest absolute Gasteiger partial charge is 0.261 e. The molecule has 2 aromatic rings. The number of carbonyl (C=O) groups excluding carboxylic acids is 1. The zero-order valence-electron chi connectivity index (χ0n) is 16.4. The number of sulfonamides is 1. The average molecular weight is 420 g/mol. The van der Waals surface area contributed by atoms with Gasteiger partial charge >= 0.3 is 0 Å². The van der Waals surface area contributed by atoms with Gasteiger partial charge in [-0.25, -0.2) is 8.42 Å². The standard InChI is InChI=1S/C20H24N2O6S/c1-15-3-6-17(7-4-15)29(24,25)21-16-5-8-18(19(13-16)26-2)28-14-20(23)22-9-11-27-12-10-22/h3-8,13,21H,9-12,14H2,1-2H3. The minimum atomic E-state index is -3.73. The normalized spacial score (nSPS) is 14.3. The van der Waals surface area contributed by atoms with Gasteiger partial charge in [-0.15, -0.1) is 0 Å². The molecule has 8 nitrogen and oxygen atoms in total. The number of nitrogens with one attached hydrogen (secondary N) is 1. The van der Waals surface area contributed by atoms with Gasteiger partial charge in [-0.1, -0.05) is 17.7 Å². The number of amides is 1. The quantitative estimate of drug-likeness (QED) is 0.737. The van der Waals surface area contributed by atoms with Crippen LogP contribution in [0.1, 0.15) is 5.56 Å². The van der Waals surface area contributed by atoms with Crippen LogP contribution in [0.4, 0.5) is 5.69 Å². The number of benzene rings is 2. The lowest BCUT2D eigenvalue weighted by Gasteiger charge is -2.26. The molecule has 0 radical (unpaired) electrons. The van der Waals surface area contributed by atoms with Crippen molar-refractivity contribution in [1.29, 1.82) is 0 Å². The Morgan fingerprint density at radius 1 is 1.10 bits per heavy atom. The number of carbonyl (C=O) groups is 1.